The van der Waals surface area contributed by atoms with Crippen molar-refractivity contribution < 1.29 is 9.18 Å². The van der Waals surface area contributed by atoms with Gasteiger partial charge in [-0.15, -0.1) is 0 Å². The number of anilines is 1. The minimum Gasteiger partial charge on any atom is -0.306 e. The zero-order chi connectivity index (χ0) is 16.0. The van der Waals surface area contributed by atoms with E-state index in [4.69, 9.17) is 0 Å². The molecule has 4 nitrogen and oxygen atoms in total. The summed E-state index contributed by atoms with van der Waals surface area (Å²) in [5.41, 5.74) is 4.43. The number of benzene rings is 2. The van der Waals surface area contributed by atoms with Crippen molar-refractivity contribution in [2.75, 3.05) is 11.4 Å². The smallest absolute Gasteiger partial charge is 0.286 e. The third kappa shape index (κ3) is 2.12. The van der Waals surface area contributed by atoms with Gasteiger partial charge >= 0.3 is 0 Å². The minimum atomic E-state index is -0.937. The summed E-state index contributed by atoms with van der Waals surface area (Å²) < 4.78 is 13.2. The Hall–Kier alpha value is -2.95. The van der Waals surface area contributed by atoms with Gasteiger partial charge in [0.1, 0.15) is 0 Å². The third-order valence-corrected chi connectivity index (χ3v) is 4.20. The van der Waals surface area contributed by atoms with E-state index in [1.807, 2.05) is 42.5 Å². The average molecular weight is 307 g/mol. The van der Waals surface area contributed by atoms with Gasteiger partial charge in [-0.3, -0.25) is 9.89 Å². The van der Waals surface area contributed by atoms with Gasteiger partial charge in [0.2, 0.25) is 0 Å². The van der Waals surface area contributed by atoms with E-state index < -0.39 is 11.7 Å². The first-order valence-electron chi connectivity index (χ1n) is 7.38. The molecule has 3 aromatic rings. The largest absolute Gasteiger partial charge is 0.306 e. The molecule has 2 heterocycles. The lowest BCUT2D eigenvalue weighted by atomic mass is 10.0. The first-order valence-corrected chi connectivity index (χ1v) is 7.38. The van der Waals surface area contributed by atoms with Crippen molar-refractivity contribution in [2.24, 2.45) is 0 Å². The maximum Gasteiger partial charge on any atom is 0.286 e. The molecular formula is C18H14FN3O. The molecule has 0 unspecified atom stereocenters. The van der Waals surface area contributed by atoms with Gasteiger partial charge < -0.3 is 4.90 Å². The molecule has 2 aromatic carbocycles. The summed E-state index contributed by atoms with van der Waals surface area (Å²) in [7, 11) is 0. The number of amides is 1. The molecule has 0 fully saturated rings. The number of nitrogens with zero attached hydrogens (tertiary/aromatic N) is 2. The molecule has 0 radical (unpaired) electrons. The van der Waals surface area contributed by atoms with E-state index in [1.165, 1.54) is 4.90 Å². The number of aromatic amines is 1. The van der Waals surface area contributed by atoms with Crippen molar-refractivity contribution in [2.45, 2.75) is 6.42 Å². The van der Waals surface area contributed by atoms with Gasteiger partial charge in [-0.25, -0.2) is 4.39 Å². The topological polar surface area (TPSA) is 49.0 Å². The number of para-hydroxylation sites is 1. The van der Waals surface area contributed by atoms with Crippen LogP contribution in [0.5, 0.6) is 0 Å². The predicted molar refractivity (Wildman–Crippen MR) is 87.8 cm³/mol. The highest BCUT2D eigenvalue weighted by atomic mass is 19.1. The monoisotopic (exact) mass is 307 g/mol. The van der Waals surface area contributed by atoms with Crippen molar-refractivity contribution in [1.29, 1.82) is 0 Å². The Morgan fingerprint density at radius 1 is 1.26 bits per heavy atom. The zero-order valence-corrected chi connectivity index (χ0v) is 12.3. The Balaban J connectivity index is 1.82. The molecule has 23 heavy (non-hydrogen) atoms. The van der Waals surface area contributed by atoms with E-state index in [1.54, 1.807) is 0 Å². The van der Waals surface area contributed by atoms with Gasteiger partial charge in [0, 0.05) is 23.2 Å². The summed E-state index contributed by atoms with van der Waals surface area (Å²) in [4.78, 5) is 13.4. The lowest BCUT2D eigenvalue weighted by molar-refractivity contribution is -0.116. The Morgan fingerprint density at radius 2 is 2.09 bits per heavy atom. The van der Waals surface area contributed by atoms with Gasteiger partial charge in [0.15, 0.2) is 5.83 Å². The van der Waals surface area contributed by atoms with Crippen LogP contribution in [0.3, 0.4) is 0 Å². The van der Waals surface area contributed by atoms with Crippen molar-refractivity contribution >= 4 is 22.5 Å². The SMILES string of the molecule is C=C(F)C(=O)N1CCc2ccc(-c3n[nH]c4ccccc34)cc21. The number of carbonyl (C=O) groups excluding carboxylic acids is 1. The average Bonchev–Trinajstić information content (AvgIpc) is 3.17. The number of halogens is 1. The van der Waals surface area contributed by atoms with Crippen molar-refractivity contribution in [3.05, 3.63) is 60.4 Å². The molecule has 5 heteroatoms. The van der Waals surface area contributed by atoms with Gasteiger partial charge in [0.25, 0.3) is 5.91 Å². The number of aromatic nitrogens is 2. The lowest BCUT2D eigenvalue weighted by Gasteiger charge is -2.16. The number of nitrogens with one attached hydrogen (secondary N) is 1. The molecular weight excluding hydrogens is 293 g/mol. The van der Waals surface area contributed by atoms with E-state index in [0.29, 0.717) is 6.54 Å². The lowest BCUT2D eigenvalue weighted by Crippen LogP contribution is -2.28. The highest BCUT2D eigenvalue weighted by molar-refractivity contribution is 6.05. The van der Waals surface area contributed by atoms with E-state index >= 15 is 0 Å². The van der Waals surface area contributed by atoms with Crippen molar-refractivity contribution in [3.8, 4) is 11.3 Å². The Morgan fingerprint density at radius 3 is 2.91 bits per heavy atom. The van der Waals surface area contributed by atoms with Crippen LogP contribution in [0.2, 0.25) is 0 Å². The second-order valence-corrected chi connectivity index (χ2v) is 5.57. The van der Waals surface area contributed by atoms with Crippen LogP contribution in [0.1, 0.15) is 5.56 Å². The van der Waals surface area contributed by atoms with Crippen LogP contribution in [0.25, 0.3) is 22.2 Å². The standard InChI is InChI=1S/C18H14FN3O/c1-11(19)18(23)22-9-8-12-6-7-13(10-16(12)22)17-14-4-2-3-5-15(14)20-21-17/h2-7,10H,1,8-9H2,(H,20,21). The minimum absolute atomic E-state index is 0.474. The van der Waals surface area contributed by atoms with Gasteiger partial charge in [0.05, 0.1) is 11.2 Å². The van der Waals surface area contributed by atoms with Crippen molar-refractivity contribution in [3.63, 3.8) is 0 Å². The molecule has 1 aliphatic heterocycles. The number of H-pyrrole nitrogens is 1. The molecule has 1 aliphatic rings. The first kappa shape index (κ1) is 13.7. The molecule has 1 aromatic heterocycles. The normalized spacial score (nSPS) is 13.3. The first-order chi connectivity index (χ1) is 11.1. The Bertz CT molecular complexity index is 944. The summed E-state index contributed by atoms with van der Waals surface area (Å²) in [6, 6.07) is 13.7. The Kier molecular flexibility index (Phi) is 3.01. The number of rotatable bonds is 2. The number of hydrogen-bond donors (Lipinski definition) is 1. The highest BCUT2D eigenvalue weighted by Crippen LogP contribution is 2.35. The fraction of sp³-hybridized carbons (Fsp3) is 0.111. The van der Waals surface area contributed by atoms with Crippen LogP contribution >= 0.6 is 0 Å². The third-order valence-electron chi connectivity index (χ3n) is 4.20. The molecule has 1 N–H and O–H groups in total. The fourth-order valence-electron chi connectivity index (χ4n) is 3.07. The predicted octanol–water partition coefficient (Wildman–Crippen LogP) is 3.60. The van der Waals surface area contributed by atoms with Crippen LogP contribution in [0.15, 0.2) is 54.9 Å². The van der Waals surface area contributed by atoms with Crippen LogP contribution in [-0.4, -0.2) is 22.6 Å². The van der Waals surface area contributed by atoms with E-state index in [2.05, 4.69) is 16.8 Å². The number of carbonyl (C=O) groups is 1. The molecule has 0 atom stereocenters. The van der Waals surface area contributed by atoms with Crippen LogP contribution < -0.4 is 4.90 Å². The molecule has 1 amide bonds. The van der Waals surface area contributed by atoms with Crippen LogP contribution in [0.4, 0.5) is 10.1 Å². The van der Waals surface area contributed by atoms with Gasteiger partial charge in [-0.1, -0.05) is 36.9 Å². The molecule has 0 saturated carbocycles. The molecule has 0 bridgehead atoms. The summed E-state index contributed by atoms with van der Waals surface area (Å²) >= 11 is 0. The van der Waals surface area contributed by atoms with E-state index in [-0.39, 0.29) is 0 Å². The number of fused-ring (bicyclic) bond motifs is 2. The van der Waals surface area contributed by atoms with Crippen molar-refractivity contribution in [1.82, 2.24) is 10.2 Å². The van der Waals surface area contributed by atoms with Crippen LogP contribution in [-0.2, 0) is 11.2 Å². The fourth-order valence-corrected chi connectivity index (χ4v) is 3.07. The van der Waals surface area contributed by atoms with Gasteiger partial charge in [-0.05, 0) is 24.1 Å². The summed E-state index contributed by atoms with van der Waals surface area (Å²) in [5, 5.41) is 8.39. The second kappa shape index (κ2) is 5.05. The van der Waals surface area contributed by atoms with Gasteiger partial charge in [-0.2, -0.15) is 5.10 Å². The molecule has 4 rings (SSSR count). The maximum atomic E-state index is 13.2. The summed E-state index contributed by atoms with van der Waals surface area (Å²) in [5.74, 6) is -1.61. The molecule has 0 aliphatic carbocycles. The second-order valence-electron chi connectivity index (χ2n) is 5.57. The molecule has 0 spiro atoms. The van der Waals surface area contributed by atoms with E-state index in [0.717, 1.165) is 39.8 Å². The van der Waals surface area contributed by atoms with Crippen LogP contribution in [0, 0.1) is 0 Å². The molecule has 114 valence electrons. The zero-order valence-electron chi connectivity index (χ0n) is 12.3. The molecule has 0 saturated heterocycles. The van der Waals surface area contributed by atoms with E-state index in [9.17, 15) is 9.18 Å². The maximum absolute atomic E-state index is 13.2. The number of hydrogen-bond acceptors (Lipinski definition) is 2. The Labute approximate surface area is 132 Å². The highest BCUT2D eigenvalue weighted by Gasteiger charge is 2.27. The summed E-state index contributed by atoms with van der Waals surface area (Å²) in [6.07, 6.45) is 0.718. The quantitative estimate of drug-likeness (QED) is 0.735. The summed E-state index contributed by atoms with van der Waals surface area (Å²) in [6.45, 7) is 3.58.